The number of hydrogen-bond acceptors (Lipinski definition) is 6. The van der Waals surface area contributed by atoms with Crippen LogP contribution in [-0.2, 0) is 10.5 Å². The number of hydrogen-bond donors (Lipinski definition) is 0. The lowest BCUT2D eigenvalue weighted by Crippen LogP contribution is -2.25. The third-order valence-electron chi connectivity index (χ3n) is 5.44. The van der Waals surface area contributed by atoms with Gasteiger partial charge in [0.1, 0.15) is 0 Å². The normalized spacial score (nSPS) is 11.3. The van der Waals surface area contributed by atoms with E-state index in [1.54, 1.807) is 16.4 Å². The molecule has 0 bridgehead atoms. The van der Waals surface area contributed by atoms with Gasteiger partial charge >= 0.3 is 0 Å². The molecule has 2 heterocycles. The molecule has 0 aliphatic heterocycles. The van der Waals surface area contributed by atoms with Crippen molar-refractivity contribution in [1.82, 2.24) is 14.5 Å². The number of rotatable bonds is 6. The van der Waals surface area contributed by atoms with E-state index in [0.29, 0.717) is 26.9 Å². The maximum Gasteiger partial charge on any atom is 0.262 e. The van der Waals surface area contributed by atoms with E-state index in [4.69, 9.17) is 9.97 Å². The van der Waals surface area contributed by atoms with E-state index in [-0.39, 0.29) is 17.5 Å². The molecule has 8 heteroatoms. The molecule has 0 saturated carbocycles. The van der Waals surface area contributed by atoms with Gasteiger partial charge in [-0.2, -0.15) is 0 Å². The molecule has 2 aromatic heterocycles. The summed E-state index contributed by atoms with van der Waals surface area (Å²) < 4.78 is 1.73. The van der Waals surface area contributed by atoms with Crippen molar-refractivity contribution in [2.24, 2.45) is 0 Å². The summed E-state index contributed by atoms with van der Waals surface area (Å²) in [6, 6.07) is 13.4. The molecule has 4 rings (SSSR count). The van der Waals surface area contributed by atoms with Crippen LogP contribution in [0.25, 0.3) is 10.9 Å². The van der Waals surface area contributed by atoms with E-state index in [1.165, 1.54) is 28.7 Å². The number of amides is 1. The van der Waals surface area contributed by atoms with Crippen molar-refractivity contribution >= 4 is 50.7 Å². The van der Waals surface area contributed by atoms with Crippen LogP contribution in [0.3, 0.4) is 0 Å². The average molecular weight is 479 g/mol. The average Bonchev–Trinajstić information content (AvgIpc) is 3.22. The van der Waals surface area contributed by atoms with Gasteiger partial charge in [0.05, 0.1) is 22.3 Å². The van der Waals surface area contributed by atoms with Gasteiger partial charge in [0.2, 0.25) is 5.91 Å². The molecule has 0 unspecified atom stereocenters. The van der Waals surface area contributed by atoms with Crippen molar-refractivity contribution in [3.8, 4) is 0 Å². The summed E-state index contributed by atoms with van der Waals surface area (Å²) in [6.45, 7) is 9.60. The van der Waals surface area contributed by atoms with Crippen LogP contribution in [0, 0.1) is 13.8 Å². The lowest BCUT2D eigenvalue weighted by molar-refractivity contribution is -0.115. The molecule has 170 valence electrons. The fraction of sp³-hybridized carbons (Fsp3) is 0.280. The van der Waals surface area contributed by atoms with E-state index >= 15 is 0 Å². The largest absolute Gasteiger partial charge is 0.285 e. The summed E-state index contributed by atoms with van der Waals surface area (Å²) in [7, 11) is 0. The molecule has 0 fully saturated rings. The Morgan fingerprint density at radius 3 is 2.58 bits per heavy atom. The number of thioether (sulfide) groups is 1. The number of thiazole rings is 1. The number of carbonyl (C=O) groups excluding carboxylic acids is 1. The quantitative estimate of drug-likeness (QED) is 0.250. The monoisotopic (exact) mass is 478 g/mol. The lowest BCUT2D eigenvalue weighted by atomic mass is 10.1. The van der Waals surface area contributed by atoms with Gasteiger partial charge in [0, 0.05) is 24.1 Å². The first-order valence-electron chi connectivity index (χ1n) is 10.7. The van der Waals surface area contributed by atoms with E-state index in [9.17, 15) is 9.59 Å². The van der Waals surface area contributed by atoms with Gasteiger partial charge in [0.15, 0.2) is 10.3 Å². The number of fused-ring (bicyclic) bond motifs is 1. The summed E-state index contributed by atoms with van der Waals surface area (Å²) in [6.07, 6.45) is 0. The van der Waals surface area contributed by atoms with Crippen molar-refractivity contribution in [3.63, 3.8) is 0 Å². The zero-order valence-electron chi connectivity index (χ0n) is 19.3. The molecular formula is C25H26N4O2S2. The number of aryl methyl sites for hydroxylation is 2. The second-order valence-corrected chi connectivity index (χ2v) is 9.99. The standard InChI is InChI=1S/C25H26N4O2S2/c1-15(2)28-23(31)21-8-6-7-9-22(21)27-25(28)33-14-19-13-32-24(26-19)29(18(5)30)20-11-10-16(3)17(4)12-20/h6-13,15H,14H2,1-5H3. The van der Waals surface area contributed by atoms with E-state index in [0.717, 1.165) is 16.9 Å². The molecule has 0 aliphatic carbocycles. The number of anilines is 2. The minimum Gasteiger partial charge on any atom is -0.285 e. The van der Waals surface area contributed by atoms with Gasteiger partial charge in [-0.05, 0) is 63.1 Å². The number of nitrogens with zero attached hydrogens (tertiary/aromatic N) is 4. The van der Waals surface area contributed by atoms with Crippen LogP contribution in [0.5, 0.6) is 0 Å². The first-order valence-corrected chi connectivity index (χ1v) is 12.6. The highest BCUT2D eigenvalue weighted by molar-refractivity contribution is 7.98. The molecule has 0 saturated heterocycles. The molecule has 0 spiro atoms. The SMILES string of the molecule is CC(=O)N(c1ccc(C)c(C)c1)c1nc(CSc2nc3ccccc3c(=O)n2C(C)C)cs1. The fourth-order valence-electron chi connectivity index (χ4n) is 3.58. The van der Waals surface area contributed by atoms with Crippen LogP contribution in [0.1, 0.15) is 43.6 Å². The summed E-state index contributed by atoms with van der Waals surface area (Å²) in [5, 5.41) is 3.88. The van der Waals surface area contributed by atoms with Crippen LogP contribution in [0.4, 0.5) is 10.8 Å². The molecular weight excluding hydrogens is 452 g/mol. The van der Waals surface area contributed by atoms with Gasteiger partial charge < -0.3 is 0 Å². The zero-order valence-corrected chi connectivity index (χ0v) is 21.0. The molecule has 33 heavy (non-hydrogen) atoms. The Labute approximate surface area is 201 Å². The Balaban J connectivity index is 1.62. The van der Waals surface area contributed by atoms with Crippen LogP contribution < -0.4 is 10.5 Å². The number of aromatic nitrogens is 3. The second kappa shape index (κ2) is 9.49. The maximum absolute atomic E-state index is 13.0. The number of benzene rings is 2. The Bertz CT molecular complexity index is 1390. The van der Waals surface area contributed by atoms with Crippen molar-refractivity contribution in [1.29, 1.82) is 0 Å². The molecule has 0 aliphatic rings. The predicted molar refractivity (Wildman–Crippen MR) is 137 cm³/mol. The van der Waals surface area contributed by atoms with Crippen LogP contribution in [0.15, 0.2) is 57.8 Å². The minimum absolute atomic E-state index is 0.0129. The smallest absolute Gasteiger partial charge is 0.262 e. The highest BCUT2D eigenvalue weighted by Gasteiger charge is 2.19. The van der Waals surface area contributed by atoms with Crippen molar-refractivity contribution in [3.05, 3.63) is 75.0 Å². The molecule has 2 aromatic carbocycles. The molecule has 6 nitrogen and oxygen atoms in total. The summed E-state index contributed by atoms with van der Waals surface area (Å²) in [4.78, 5) is 36.6. The Morgan fingerprint density at radius 1 is 1.12 bits per heavy atom. The Morgan fingerprint density at radius 2 is 1.88 bits per heavy atom. The van der Waals surface area contributed by atoms with Crippen LogP contribution >= 0.6 is 23.1 Å². The second-order valence-electron chi connectivity index (χ2n) is 8.21. The third-order valence-corrected chi connectivity index (χ3v) is 7.30. The number of para-hydroxylation sites is 1. The first-order chi connectivity index (χ1) is 15.8. The van der Waals surface area contributed by atoms with Crippen LogP contribution in [-0.4, -0.2) is 20.4 Å². The zero-order chi connectivity index (χ0) is 23.7. The highest BCUT2D eigenvalue weighted by Crippen LogP contribution is 2.32. The van der Waals surface area contributed by atoms with Crippen molar-refractivity contribution < 1.29 is 4.79 Å². The number of carbonyl (C=O) groups is 1. The lowest BCUT2D eigenvalue weighted by Gasteiger charge is -2.19. The third kappa shape index (κ3) is 4.72. The summed E-state index contributed by atoms with van der Waals surface area (Å²) in [5.41, 5.74) is 4.61. The van der Waals surface area contributed by atoms with Crippen molar-refractivity contribution in [2.75, 3.05) is 4.90 Å². The van der Waals surface area contributed by atoms with Gasteiger partial charge in [-0.3, -0.25) is 19.1 Å². The van der Waals surface area contributed by atoms with Gasteiger partial charge in [-0.25, -0.2) is 9.97 Å². The first kappa shape index (κ1) is 23.2. The Hall–Kier alpha value is -2.97. The summed E-state index contributed by atoms with van der Waals surface area (Å²) in [5.74, 6) is 0.462. The summed E-state index contributed by atoms with van der Waals surface area (Å²) >= 11 is 2.92. The van der Waals surface area contributed by atoms with Gasteiger partial charge in [-0.1, -0.05) is 30.0 Å². The molecule has 0 N–H and O–H groups in total. The molecule has 1 amide bonds. The molecule has 0 atom stereocenters. The molecule has 4 aromatic rings. The van der Waals surface area contributed by atoms with Gasteiger partial charge in [-0.15, -0.1) is 11.3 Å². The van der Waals surface area contributed by atoms with E-state index in [2.05, 4.69) is 0 Å². The van der Waals surface area contributed by atoms with E-state index in [1.807, 2.05) is 75.5 Å². The van der Waals surface area contributed by atoms with Gasteiger partial charge in [0.25, 0.3) is 5.56 Å². The van der Waals surface area contributed by atoms with Crippen LogP contribution in [0.2, 0.25) is 0 Å². The fourth-order valence-corrected chi connectivity index (χ4v) is 5.59. The highest BCUT2D eigenvalue weighted by atomic mass is 32.2. The predicted octanol–water partition coefficient (Wildman–Crippen LogP) is 6.03. The van der Waals surface area contributed by atoms with Crippen molar-refractivity contribution in [2.45, 2.75) is 51.6 Å². The van der Waals surface area contributed by atoms with E-state index < -0.39 is 0 Å². The maximum atomic E-state index is 13.0. The topological polar surface area (TPSA) is 68.1 Å². The minimum atomic E-state index is -0.0864. The Kier molecular flexibility index (Phi) is 6.67. The molecule has 0 radical (unpaired) electrons.